The van der Waals surface area contributed by atoms with E-state index < -0.39 is 23.8 Å². The molecule has 0 saturated carbocycles. The Balaban J connectivity index is 1.43. The van der Waals surface area contributed by atoms with Gasteiger partial charge in [0.25, 0.3) is 5.91 Å². The number of hydrogen-bond acceptors (Lipinski definition) is 5. The minimum atomic E-state index is -1.29. The monoisotopic (exact) mass is 411 g/mol. The van der Waals surface area contributed by atoms with Crippen molar-refractivity contribution in [1.82, 2.24) is 20.4 Å². The van der Waals surface area contributed by atoms with Gasteiger partial charge in [-0.1, -0.05) is 6.08 Å². The lowest BCUT2D eigenvalue weighted by Crippen LogP contribution is -2.45. The molecule has 2 N–H and O–H groups in total. The molecular weight excluding hydrogens is 392 g/mol. The number of morpholine rings is 1. The Labute approximate surface area is 171 Å². The molecule has 1 aliphatic heterocycles. The van der Waals surface area contributed by atoms with E-state index in [4.69, 9.17) is 10.00 Å². The highest BCUT2D eigenvalue weighted by Gasteiger charge is 2.31. The van der Waals surface area contributed by atoms with Gasteiger partial charge in [-0.15, -0.1) is 0 Å². The molecule has 2 aromatic rings. The van der Waals surface area contributed by atoms with Crippen LogP contribution in [-0.4, -0.2) is 47.7 Å². The number of nitriles is 1. The second-order valence-electron chi connectivity index (χ2n) is 7.02. The van der Waals surface area contributed by atoms with Crippen molar-refractivity contribution in [2.24, 2.45) is 5.92 Å². The summed E-state index contributed by atoms with van der Waals surface area (Å²) in [5.74, 6) is -1.54. The van der Waals surface area contributed by atoms with E-state index in [1.54, 1.807) is 12.2 Å². The third-order valence-corrected chi connectivity index (χ3v) is 5.02. The van der Waals surface area contributed by atoms with Gasteiger partial charge in [-0.2, -0.15) is 10.4 Å². The number of benzene rings is 1. The molecule has 9 heteroatoms. The van der Waals surface area contributed by atoms with E-state index in [9.17, 15) is 13.6 Å². The van der Waals surface area contributed by atoms with Crippen molar-refractivity contribution in [3.05, 3.63) is 71.5 Å². The number of carbonyl (C=O) groups excluding carboxylic acids is 1. The predicted molar refractivity (Wildman–Crippen MR) is 104 cm³/mol. The summed E-state index contributed by atoms with van der Waals surface area (Å²) in [5.41, 5.74) is 0.818. The van der Waals surface area contributed by atoms with Crippen LogP contribution in [0.4, 0.5) is 8.78 Å². The molecule has 1 saturated heterocycles. The van der Waals surface area contributed by atoms with Gasteiger partial charge in [-0.3, -0.25) is 4.79 Å². The Kier molecular flexibility index (Phi) is 5.70. The van der Waals surface area contributed by atoms with Gasteiger partial charge in [-0.25, -0.2) is 13.5 Å². The lowest BCUT2D eigenvalue weighted by molar-refractivity contribution is -0.0113. The first-order valence-corrected chi connectivity index (χ1v) is 9.47. The summed E-state index contributed by atoms with van der Waals surface area (Å²) in [6.45, 7) is 1.87. The van der Waals surface area contributed by atoms with Crippen molar-refractivity contribution < 1.29 is 18.3 Å². The minimum Gasteiger partial charge on any atom is -0.375 e. The zero-order valence-electron chi connectivity index (χ0n) is 15.9. The van der Waals surface area contributed by atoms with E-state index >= 15 is 0 Å². The molecule has 1 aliphatic carbocycles. The highest BCUT2D eigenvalue weighted by Crippen LogP contribution is 2.25. The van der Waals surface area contributed by atoms with Gasteiger partial charge in [0, 0.05) is 30.9 Å². The number of ether oxygens (including phenoxy) is 1. The molecule has 2 unspecified atom stereocenters. The molecule has 4 rings (SSSR count). The number of aromatic nitrogens is 2. The van der Waals surface area contributed by atoms with E-state index in [0.717, 1.165) is 12.6 Å². The number of allylic oxidation sites excluding steroid dienone is 2. The van der Waals surface area contributed by atoms with E-state index in [1.165, 1.54) is 35.3 Å². The van der Waals surface area contributed by atoms with E-state index in [2.05, 4.69) is 15.7 Å². The summed E-state index contributed by atoms with van der Waals surface area (Å²) in [6.07, 6.45) is 5.83. The molecule has 0 spiro atoms. The molecule has 2 aliphatic rings. The normalized spacial score (nSPS) is 23.5. The largest absolute Gasteiger partial charge is 0.375 e. The first-order chi connectivity index (χ1) is 14.5. The second-order valence-corrected chi connectivity index (χ2v) is 7.02. The van der Waals surface area contributed by atoms with Crippen molar-refractivity contribution >= 4 is 5.91 Å². The van der Waals surface area contributed by atoms with Gasteiger partial charge in [0.1, 0.15) is 17.7 Å². The first kappa shape index (κ1) is 19.9. The maximum absolute atomic E-state index is 14.6. The van der Waals surface area contributed by atoms with Crippen LogP contribution in [0.25, 0.3) is 5.69 Å². The molecular formula is C21H19F2N5O2. The van der Waals surface area contributed by atoms with Crippen LogP contribution in [0.5, 0.6) is 0 Å². The topological polar surface area (TPSA) is 92.0 Å². The summed E-state index contributed by atoms with van der Waals surface area (Å²) >= 11 is 0. The third-order valence-electron chi connectivity index (χ3n) is 5.02. The molecule has 0 bridgehead atoms. The fourth-order valence-electron chi connectivity index (χ4n) is 3.44. The summed E-state index contributed by atoms with van der Waals surface area (Å²) in [5, 5.41) is 18.6. The van der Waals surface area contributed by atoms with Crippen LogP contribution in [0, 0.1) is 23.1 Å². The van der Waals surface area contributed by atoms with Crippen molar-refractivity contribution in [3.8, 4) is 11.8 Å². The zero-order valence-corrected chi connectivity index (χ0v) is 15.9. The Morgan fingerprint density at radius 2 is 2.30 bits per heavy atom. The lowest BCUT2D eigenvalue weighted by atomic mass is 9.91. The van der Waals surface area contributed by atoms with Crippen molar-refractivity contribution in [2.45, 2.75) is 12.3 Å². The van der Waals surface area contributed by atoms with Crippen LogP contribution >= 0.6 is 0 Å². The quantitative estimate of drug-likeness (QED) is 0.803. The number of nitrogens with zero attached hydrogens (tertiary/aromatic N) is 3. The van der Waals surface area contributed by atoms with Crippen LogP contribution < -0.4 is 10.6 Å². The van der Waals surface area contributed by atoms with Crippen LogP contribution in [0.2, 0.25) is 0 Å². The van der Waals surface area contributed by atoms with Crippen LogP contribution in [0.1, 0.15) is 15.9 Å². The van der Waals surface area contributed by atoms with E-state index in [1.807, 2.05) is 6.07 Å². The van der Waals surface area contributed by atoms with Gasteiger partial charge in [0.05, 0.1) is 36.1 Å². The molecule has 30 heavy (non-hydrogen) atoms. The number of alkyl halides is 1. The maximum atomic E-state index is 14.6. The minimum absolute atomic E-state index is 0.109. The first-order valence-electron chi connectivity index (χ1n) is 9.47. The number of rotatable bonds is 4. The number of halogens is 2. The molecule has 154 valence electrons. The highest BCUT2D eigenvalue weighted by molar-refractivity contribution is 5.95. The Bertz CT molecular complexity index is 1050. The molecule has 1 aromatic carbocycles. The third kappa shape index (κ3) is 4.15. The van der Waals surface area contributed by atoms with Gasteiger partial charge >= 0.3 is 0 Å². The van der Waals surface area contributed by atoms with Crippen LogP contribution in [-0.2, 0) is 4.74 Å². The Hall–Kier alpha value is -3.35. The average Bonchev–Trinajstić information content (AvgIpc) is 3.24. The smallest absolute Gasteiger partial charge is 0.258 e. The summed E-state index contributed by atoms with van der Waals surface area (Å²) in [6, 6.07) is 5.82. The Morgan fingerprint density at radius 1 is 1.43 bits per heavy atom. The molecule has 1 aromatic heterocycles. The maximum Gasteiger partial charge on any atom is 0.258 e. The average molecular weight is 411 g/mol. The lowest BCUT2D eigenvalue weighted by Gasteiger charge is -2.32. The molecule has 1 fully saturated rings. The molecule has 0 radical (unpaired) electrons. The summed E-state index contributed by atoms with van der Waals surface area (Å²) in [7, 11) is 0. The van der Waals surface area contributed by atoms with Gasteiger partial charge in [0.2, 0.25) is 0 Å². The Morgan fingerprint density at radius 3 is 3.00 bits per heavy atom. The predicted octanol–water partition coefficient (Wildman–Crippen LogP) is 2.01. The number of hydrogen-bond donors (Lipinski definition) is 2. The molecule has 2 heterocycles. The van der Waals surface area contributed by atoms with Gasteiger partial charge < -0.3 is 15.4 Å². The highest BCUT2D eigenvalue weighted by atomic mass is 19.1. The summed E-state index contributed by atoms with van der Waals surface area (Å²) in [4.78, 5) is 12.5. The number of amides is 1. The standard InChI is InChI=1S/C21H19F2N5O2/c22-17-8-15(2-3-16(17)20-11-25-5-6-30-20)27-21(29)14-10-26-28(12-14)19-4-1-13(9-24)7-18(19)23/h1-4,7-8,10,12,16-17,20,25H,5-6,11H2,(H,27,29)/t16?,17?,20-/m1/s1. The number of carbonyl (C=O) groups is 1. The van der Waals surface area contributed by atoms with Crippen molar-refractivity contribution in [1.29, 1.82) is 5.26 Å². The molecule has 3 atom stereocenters. The van der Waals surface area contributed by atoms with E-state index in [0.29, 0.717) is 18.8 Å². The fraction of sp³-hybridized carbons (Fsp3) is 0.286. The number of nitrogens with one attached hydrogen (secondary N) is 2. The van der Waals surface area contributed by atoms with E-state index in [-0.39, 0.29) is 22.9 Å². The van der Waals surface area contributed by atoms with Crippen molar-refractivity contribution in [2.75, 3.05) is 19.7 Å². The fourth-order valence-corrected chi connectivity index (χ4v) is 3.44. The van der Waals surface area contributed by atoms with Crippen molar-refractivity contribution in [3.63, 3.8) is 0 Å². The van der Waals surface area contributed by atoms with Crippen LogP contribution in [0.3, 0.4) is 0 Å². The SMILES string of the molecule is N#Cc1ccc(-n2cc(C(=O)NC3=CC(F)C([C@H]4CNCCO4)C=C3)cn2)c(F)c1. The van der Waals surface area contributed by atoms with Crippen LogP contribution in [0.15, 0.2) is 54.5 Å². The second kappa shape index (κ2) is 8.57. The van der Waals surface area contributed by atoms with Gasteiger partial charge in [0.15, 0.2) is 0 Å². The molecule has 7 nitrogen and oxygen atoms in total. The summed E-state index contributed by atoms with van der Waals surface area (Å²) < 4.78 is 35.6. The zero-order chi connectivity index (χ0) is 21.1. The van der Waals surface area contributed by atoms with Gasteiger partial charge in [-0.05, 0) is 30.4 Å². The molecule has 1 amide bonds.